The molecule has 1 aromatic heterocycles. The quantitative estimate of drug-likeness (QED) is 0.435. The molecule has 8 nitrogen and oxygen atoms in total. The van der Waals surface area contributed by atoms with Crippen LogP contribution in [0, 0.1) is 16.0 Å². The smallest absolute Gasteiger partial charge is 0.400 e. The van der Waals surface area contributed by atoms with Gasteiger partial charge in [0, 0.05) is 12.5 Å². The number of aliphatic hydroxyl groups is 1. The Morgan fingerprint density at radius 1 is 1.68 bits per heavy atom. The lowest BCUT2D eigenvalue weighted by molar-refractivity contribution is -0.402. The Hall–Kier alpha value is -2.22. The van der Waals surface area contributed by atoms with Gasteiger partial charge in [0.1, 0.15) is 4.92 Å². The summed E-state index contributed by atoms with van der Waals surface area (Å²) >= 11 is 0. The van der Waals surface area contributed by atoms with Gasteiger partial charge in [-0.05, 0) is 18.9 Å². The summed E-state index contributed by atoms with van der Waals surface area (Å²) in [5, 5.41) is 22.8. The van der Waals surface area contributed by atoms with Crippen LogP contribution in [0.25, 0.3) is 0 Å². The molecule has 0 spiro atoms. The first kappa shape index (κ1) is 14.8. The zero-order chi connectivity index (χ0) is 14.3. The van der Waals surface area contributed by atoms with Crippen LogP contribution in [0.4, 0.5) is 5.88 Å². The monoisotopic (exact) mass is 269 g/mol. The van der Waals surface area contributed by atoms with E-state index in [1.807, 2.05) is 6.92 Å². The number of furan rings is 1. The first-order valence-electron chi connectivity index (χ1n) is 5.76. The molecule has 0 saturated carbocycles. The van der Waals surface area contributed by atoms with E-state index >= 15 is 0 Å². The summed E-state index contributed by atoms with van der Waals surface area (Å²) in [6.45, 7) is 1.76. The molecule has 1 atom stereocenters. The molecule has 8 heteroatoms. The number of hydrogen-bond acceptors (Lipinski definition) is 6. The fourth-order valence-electron chi connectivity index (χ4n) is 1.44. The largest absolute Gasteiger partial charge is 0.433 e. The molecule has 1 heterocycles. The molecule has 0 aliphatic rings. The molecule has 0 aromatic carbocycles. The number of hydrogen-bond donors (Lipinski definition) is 2. The Labute approximate surface area is 109 Å². The molecule has 0 saturated heterocycles. The van der Waals surface area contributed by atoms with Crippen LogP contribution in [0.15, 0.2) is 21.7 Å². The normalized spacial score (nSPS) is 12.5. The number of aliphatic hydroxyl groups excluding tert-OH is 1. The molecule has 19 heavy (non-hydrogen) atoms. The number of nitro groups is 1. The molecule has 1 amide bonds. The third-order valence-electron chi connectivity index (χ3n) is 2.50. The van der Waals surface area contributed by atoms with Crippen LogP contribution in [-0.2, 0) is 4.79 Å². The van der Waals surface area contributed by atoms with E-state index in [9.17, 15) is 14.9 Å². The number of nitrogens with one attached hydrogen (secondary N) is 1. The van der Waals surface area contributed by atoms with E-state index in [-0.39, 0.29) is 30.1 Å². The minimum absolute atomic E-state index is 0.0694. The average molecular weight is 269 g/mol. The Kier molecular flexibility index (Phi) is 5.68. The second-order valence-electron chi connectivity index (χ2n) is 3.78. The minimum Gasteiger partial charge on any atom is -0.400 e. The van der Waals surface area contributed by atoms with Crippen molar-refractivity contribution in [3.05, 3.63) is 28.0 Å². The highest BCUT2D eigenvalue weighted by molar-refractivity contribution is 5.81. The molecule has 1 unspecified atom stereocenters. The Morgan fingerprint density at radius 2 is 2.42 bits per heavy atom. The maximum atomic E-state index is 11.6. The third kappa shape index (κ3) is 4.51. The molecule has 2 N–H and O–H groups in total. The van der Waals surface area contributed by atoms with Gasteiger partial charge in [0.25, 0.3) is 0 Å². The van der Waals surface area contributed by atoms with E-state index in [1.165, 1.54) is 18.3 Å². The van der Waals surface area contributed by atoms with Gasteiger partial charge >= 0.3 is 5.88 Å². The van der Waals surface area contributed by atoms with E-state index in [0.717, 1.165) is 0 Å². The number of amides is 1. The zero-order valence-electron chi connectivity index (χ0n) is 10.4. The molecular formula is C11H15N3O5. The molecular weight excluding hydrogens is 254 g/mol. The Bertz CT molecular complexity index is 469. The number of rotatable bonds is 7. The van der Waals surface area contributed by atoms with Gasteiger partial charge in [-0.15, -0.1) is 0 Å². The van der Waals surface area contributed by atoms with Crippen LogP contribution in [0.5, 0.6) is 0 Å². The molecule has 0 aliphatic heterocycles. The van der Waals surface area contributed by atoms with Crippen LogP contribution in [0.2, 0.25) is 0 Å². The van der Waals surface area contributed by atoms with Crippen molar-refractivity contribution in [3.63, 3.8) is 0 Å². The molecule has 0 radical (unpaired) electrons. The van der Waals surface area contributed by atoms with Crippen LogP contribution in [-0.4, -0.2) is 28.8 Å². The average Bonchev–Trinajstić information content (AvgIpc) is 2.84. The van der Waals surface area contributed by atoms with Gasteiger partial charge in [0.15, 0.2) is 5.76 Å². The molecule has 0 fully saturated rings. The fraction of sp³-hybridized carbons (Fsp3) is 0.455. The second-order valence-corrected chi connectivity index (χ2v) is 3.78. The highest BCUT2D eigenvalue weighted by Crippen LogP contribution is 2.13. The standard InChI is InChI=1S/C11H15N3O5/c1-2-8(5-6-15)11(16)13-12-7-9-3-4-10(19-9)14(17)18/h3-4,7-8,15H,2,5-6H2,1H3,(H,13,16). The Balaban J connectivity index is 2.52. The minimum atomic E-state index is -0.662. The lowest BCUT2D eigenvalue weighted by atomic mass is 10.0. The second kappa shape index (κ2) is 7.27. The molecule has 104 valence electrons. The van der Waals surface area contributed by atoms with E-state index in [1.54, 1.807) is 0 Å². The van der Waals surface area contributed by atoms with Crippen LogP contribution < -0.4 is 5.43 Å². The fourth-order valence-corrected chi connectivity index (χ4v) is 1.44. The number of nitrogens with zero attached hydrogens (tertiary/aromatic N) is 2. The summed E-state index contributed by atoms with van der Waals surface area (Å²) in [7, 11) is 0. The lowest BCUT2D eigenvalue weighted by Crippen LogP contribution is -2.27. The van der Waals surface area contributed by atoms with Gasteiger partial charge in [-0.1, -0.05) is 6.92 Å². The van der Waals surface area contributed by atoms with Crippen molar-refractivity contribution >= 4 is 18.0 Å². The van der Waals surface area contributed by atoms with Gasteiger partial charge in [0.2, 0.25) is 5.91 Å². The summed E-state index contributed by atoms with van der Waals surface area (Å²) in [4.78, 5) is 21.3. The number of carbonyl (C=O) groups is 1. The summed E-state index contributed by atoms with van der Waals surface area (Å²) in [6, 6.07) is 2.57. The van der Waals surface area contributed by atoms with Crippen molar-refractivity contribution in [2.45, 2.75) is 19.8 Å². The first-order valence-corrected chi connectivity index (χ1v) is 5.76. The summed E-state index contributed by atoms with van der Waals surface area (Å²) in [5.41, 5.74) is 2.29. The lowest BCUT2D eigenvalue weighted by Gasteiger charge is -2.10. The zero-order valence-corrected chi connectivity index (χ0v) is 10.4. The first-order chi connectivity index (χ1) is 9.08. The predicted octanol–water partition coefficient (Wildman–Crippen LogP) is 1.05. The molecule has 1 rings (SSSR count). The van der Waals surface area contributed by atoms with Crippen molar-refractivity contribution in [1.29, 1.82) is 0 Å². The van der Waals surface area contributed by atoms with Gasteiger partial charge in [-0.2, -0.15) is 5.10 Å². The van der Waals surface area contributed by atoms with Gasteiger partial charge < -0.3 is 9.52 Å². The Morgan fingerprint density at radius 3 is 2.95 bits per heavy atom. The molecule has 0 aliphatic carbocycles. The van der Waals surface area contributed by atoms with E-state index in [2.05, 4.69) is 10.5 Å². The van der Waals surface area contributed by atoms with E-state index in [4.69, 9.17) is 9.52 Å². The van der Waals surface area contributed by atoms with E-state index in [0.29, 0.717) is 12.8 Å². The predicted molar refractivity (Wildman–Crippen MR) is 66.6 cm³/mol. The van der Waals surface area contributed by atoms with E-state index < -0.39 is 4.92 Å². The van der Waals surface area contributed by atoms with Gasteiger partial charge in [-0.25, -0.2) is 5.43 Å². The van der Waals surface area contributed by atoms with Gasteiger partial charge in [-0.3, -0.25) is 14.9 Å². The van der Waals surface area contributed by atoms with Crippen molar-refractivity contribution < 1.29 is 19.2 Å². The van der Waals surface area contributed by atoms with Crippen LogP contribution >= 0.6 is 0 Å². The SMILES string of the molecule is CCC(CCO)C(=O)NN=Cc1ccc([N+](=O)[O-])o1. The number of hydrazone groups is 1. The summed E-state index contributed by atoms with van der Waals surface area (Å²) in [5.74, 6) is -0.844. The maximum Gasteiger partial charge on any atom is 0.433 e. The number of carbonyl (C=O) groups excluding carboxylic acids is 1. The third-order valence-corrected chi connectivity index (χ3v) is 2.50. The summed E-state index contributed by atoms with van der Waals surface area (Å²) < 4.78 is 4.82. The van der Waals surface area contributed by atoms with Crippen molar-refractivity contribution in [3.8, 4) is 0 Å². The molecule has 0 bridgehead atoms. The topological polar surface area (TPSA) is 118 Å². The van der Waals surface area contributed by atoms with Crippen molar-refractivity contribution in [1.82, 2.24) is 5.43 Å². The molecule has 1 aromatic rings. The van der Waals surface area contributed by atoms with Crippen LogP contribution in [0.3, 0.4) is 0 Å². The van der Waals surface area contributed by atoms with Crippen LogP contribution in [0.1, 0.15) is 25.5 Å². The van der Waals surface area contributed by atoms with Crippen molar-refractivity contribution in [2.24, 2.45) is 11.0 Å². The summed E-state index contributed by atoms with van der Waals surface area (Å²) in [6.07, 6.45) is 2.13. The maximum absolute atomic E-state index is 11.6. The highest BCUT2D eigenvalue weighted by atomic mass is 16.6. The van der Waals surface area contributed by atoms with Gasteiger partial charge in [0.05, 0.1) is 12.3 Å². The highest BCUT2D eigenvalue weighted by Gasteiger charge is 2.15. The van der Waals surface area contributed by atoms with Crippen molar-refractivity contribution in [2.75, 3.05) is 6.61 Å².